The van der Waals surface area contributed by atoms with Gasteiger partial charge in [0, 0.05) is 42.6 Å². The maximum atomic E-state index is 14.8. The summed E-state index contributed by atoms with van der Waals surface area (Å²) in [5.41, 5.74) is 1.62. The summed E-state index contributed by atoms with van der Waals surface area (Å²) in [6, 6.07) is 21.3. The largest absolute Gasteiger partial charge is 0.352 e. The van der Waals surface area contributed by atoms with Crippen molar-refractivity contribution in [1.82, 2.24) is 10.2 Å². The van der Waals surface area contributed by atoms with Gasteiger partial charge in [-0.2, -0.15) is 0 Å². The lowest BCUT2D eigenvalue weighted by Crippen LogP contribution is -2.52. The average Bonchev–Trinajstić information content (AvgIpc) is 3.47. The highest BCUT2D eigenvalue weighted by molar-refractivity contribution is 7.92. The van der Waals surface area contributed by atoms with E-state index in [2.05, 4.69) is 5.32 Å². The number of hydrogen-bond donors (Lipinski definition) is 1. The van der Waals surface area contributed by atoms with Crippen molar-refractivity contribution in [2.24, 2.45) is 0 Å². The molecule has 0 bridgehead atoms. The van der Waals surface area contributed by atoms with E-state index in [9.17, 15) is 22.4 Å². The second-order valence-corrected chi connectivity index (χ2v) is 13.1. The summed E-state index contributed by atoms with van der Waals surface area (Å²) in [4.78, 5) is 29.1. The third-order valence-corrected chi connectivity index (χ3v) is 8.98. The highest BCUT2D eigenvalue weighted by Crippen LogP contribution is 2.23. The third-order valence-electron chi connectivity index (χ3n) is 7.54. The molecule has 2 amide bonds. The summed E-state index contributed by atoms with van der Waals surface area (Å²) in [5.74, 6) is -1.09. The van der Waals surface area contributed by atoms with Crippen molar-refractivity contribution in [3.05, 3.63) is 101 Å². The molecule has 0 spiro atoms. The molecule has 3 aromatic rings. The van der Waals surface area contributed by atoms with Crippen LogP contribution in [0.5, 0.6) is 0 Å². The Hall–Kier alpha value is -3.43. The molecule has 0 aromatic heterocycles. The first kappa shape index (κ1) is 31.5. The molecular formula is C32H37ClFN3O4S. The van der Waals surface area contributed by atoms with Crippen LogP contribution in [0.2, 0.25) is 5.02 Å². The van der Waals surface area contributed by atoms with Crippen LogP contribution in [0, 0.1) is 5.82 Å². The number of hydrogen-bond acceptors (Lipinski definition) is 4. The average molecular weight is 614 g/mol. The van der Waals surface area contributed by atoms with Gasteiger partial charge in [-0.3, -0.25) is 13.9 Å². The predicted octanol–water partition coefficient (Wildman–Crippen LogP) is 5.72. The minimum Gasteiger partial charge on any atom is -0.352 e. The molecule has 1 aliphatic carbocycles. The number of anilines is 1. The summed E-state index contributed by atoms with van der Waals surface area (Å²) < 4.78 is 41.2. The van der Waals surface area contributed by atoms with E-state index in [1.807, 2.05) is 30.3 Å². The molecule has 4 rings (SSSR count). The quantitative estimate of drug-likeness (QED) is 0.267. The number of rotatable bonds is 13. The molecule has 224 valence electrons. The first-order chi connectivity index (χ1) is 20.1. The normalized spacial score (nSPS) is 14.4. The Morgan fingerprint density at radius 3 is 2.26 bits per heavy atom. The van der Waals surface area contributed by atoms with E-state index in [0.717, 1.165) is 37.5 Å². The van der Waals surface area contributed by atoms with Gasteiger partial charge in [0.25, 0.3) is 0 Å². The molecule has 0 heterocycles. The van der Waals surface area contributed by atoms with Crippen molar-refractivity contribution in [3.8, 4) is 0 Å². The molecule has 1 N–H and O–H groups in total. The van der Waals surface area contributed by atoms with E-state index < -0.39 is 21.9 Å². The lowest BCUT2D eigenvalue weighted by molar-refractivity contribution is -0.141. The zero-order valence-corrected chi connectivity index (χ0v) is 25.3. The molecule has 1 saturated carbocycles. The summed E-state index contributed by atoms with van der Waals surface area (Å²) in [5, 5.41) is 3.61. The van der Waals surface area contributed by atoms with Crippen LogP contribution in [0.4, 0.5) is 10.1 Å². The lowest BCUT2D eigenvalue weighted by atomic mass is 10.0. The van der Waals surface area contributed by atoms with Crippen molar-refractivity contribution in [2.45, 2.75) is 63.6 Å². The van der Waals surface area contributed by atoms with Gasteiger partial charge in [-0.25, -0.2) is 12.8 Å². The van der Waals surface area contributed by atoms with Crippen LogP contribution in [-0.2, 0) is 32.6 Å². The number of carbonyl (C=O) groups is 2. The van der Waals surface area contributed by atoms with Gasteiger partial charge in [-0.05, 0) is 55.2 Å². The van der Waals surface area contributed by atoms with Crippen LogP contribution < -0.4 is 9.62 Å². The fourth-order valence-electron chi connectivity index (χ4n) is 5.34. The van der Waals surface area contributed by atoms with Gasteiger partial charge in [0.1, 0.15) is 11.9 Å². The highest BCUT2D eigenvalue weighted by atomic mass is 35.5. The summed E-state index contributed by atoms with van der Waals surface area (Å²) >= 11 is 5.98. The molecule has 0 unspecified atom stereocenters. The minimum atomic E-state index is -3.64. The van der Waals surface area contributed by atoms with Gasteiger partial charge in [0.05, 0.1) is 11.9 Å². The van der Waals surface area contributed by atoms with Gasteiger partial charge in [-0.15, -0.1) is 0 Å². The SMILES string of the molecule is CS(=O)(=O)N(CCCC(=O)N(Cc1ccccc1F)[C@@H](Cc1ccccc1)C(=O)NC1CCCC1)c1ccc(Cl)cc1. The topological polar surface area (TPSA) is 86.8 Å². The maximum Gasteiger partial charge on any atom is 0.243 e. The summed E-state index contributed by atoms with van der Waals surface area (Å²) in [6.45, 7) is -0.0363. The second-order valence-electron chi connectivity index (χ2n) is 10.7. The van der Waals surface area contributed by atoms with E-state index in [1.54, 1.807) is 42.5 Å². The first-order valence-electron chi connectivity index (χ1n) is 14.2. The Morgan fingerprint density at radius 1 is 0.976 bits per heavy atom. The number of halogens is 2. The van der Waals surface area contributed by atoms with Crippen molar-refractivity contribution in [2.75, 3.05) is 17.1 Å². The number of carbonyl (C=O) groups excluding carboxylic acids is 2. The molecule has 0 saturated heterocycles. The summed E-state index contributed by atoms with van der Waals surface area (Å²) in [7, 11) is -3.64. The van der Waals surface area contributed by atoms with E-state index >= 15 is 0 Å². The number of sulfonamides is 1. The van der Waals surface area contributed by atoms with Crippen LogP contribution in [0.15, 0.2) is 78.9 Å². The van der Waals surface area contributed by atoms with Crippen LogP contribution in [-0.4, -0.2) is 50.0 Å². The molecule has 3 aromatic carbocycles. The molecule has 7 nitrogen and oxygen atoms in total. The number of nitrogens with one attached hydrogen (secondary N) is 1. The van der Waals surface area contributed by atoms with Crippen LogP contribution in [0.3, 0.4) is 0 Å². The van der Waals surface area contributed by atoms with Crippen LogP contribution in [0.25, 0.3) is 0 Å². The van der Waals surface area contributed by atoms with Gasteiger partial charge < -0.3 is 10.2 Å². The van der Waals surface area contributed by atoms with Crippen LogP contribution in [0.1, 0.15) is 49.7 Å². The van der Waals surface area contributed by atoms with E-state index in [4.69, 9.17) is 11.6 Å². The van der Waals surface area contributed by atoms with Crippen LogP contribution >= 0.6 is 11.6 Å². The molecule has 42 heavy (non-hydrogen) atoms. The maximum absolute atomic E-state index is 14.8. The monoisotopic (exact) mass is 613 g/mol. The molecule has 0 radical (unpaired) electrons. The standard InChI is InChI=1S/C32H37ClFN3O4S/c1-42(40,41)37(28-19-17-26(33)18-20-28)21-9-16-31(38)36(23-25-12-5-8-15-29(25)34)30(22-24-10-3-2-4-11-24)32(39)35-27-13-6-7-14-27/h2-5,8,10-12,15,17-20,27,30H,6-7,9,13-14,16,21-23H2,1H3,(H,35,39)/t30-/m0/s1. The molecular weight excluding hydrogens is 577 g/mol. The smallest absolute Gasteiger partial charge is 0.243 e. The Labute approximate surface area is 252 Å². The van der Waals surface area contributed by atoms with Crippen molar-refractivity contribution < 1.29 is 22.4 Å². The molecule has 1 aliphatic rings. The van der Waals surface area contributed by atoms with E-state index in [1.165, 1.54) is 15.3 Å². The van der Waals surface area contributed by atoms with Gasteiger partial charge in [0.2, 0.25) is 21.8 Å². The van der Waals surface area contributed by atoms with Crippen molar-refractivity contribution in [3.63, 3.8) is 0 Å². The lowest BCUT2D eigenvalue weighted by Gasteiger charge is -2.33. The zero-order chi connectivity index (χ0) is 30.1. The Bertz CT molecular complexity index is 1450. The molecule has 0 aliphatic heterocycles. The molecule has 1 atom stereocenters. The Morgan fingerprint density at radius 2 is 1.62 bits per heavy atom. The number of nitrogens with zero attached hydrogens (tertiary/aromatic N) is 2. The first-order valence-corrected chi connectivity index (χ1v) is 16.4. The van der Waals surface area contributed by atoms with E-state index in [0.29, 0.717) is 16.3 Å². The Kier molecular flexibility index (Phi) is 11.0. The van der Waals surface area contributed by atoms with Crippen molar-refractivity contribution in [1.29, 1.82) is 0 Å². The minimum absolute atomic E-state index is 0.0317. The van der Waals surface area contributed by atoms with Gasteiger partial charge >= 0.3 is 0 Å². The van der Waals surface area contributed by atoms with Gasteiger partial charge in [-0.1, -0.05) is 73.0 Å². The summed E-state index contributed by atoms with van der Waals surface area (Å²) in [6.07, 6.45) is 5.39. The fourth-order valence-corrected chi connectivity index (χ4v) is 6.43. The van der Waals surface area contributed by atoms with Gasteiger partial charge in [0.15, 0.2) is 0 Å². The number of benzene rings is 3. The molecule has 1 fully saturated rings. The third kappa shape index (κ3) is 8.79. The van der Waals surface area contributed by atoms with E-state index in [-0.39, 0.29) is 50.2 Å². The highest BCUT2D eigenvalue weighted by Gasteiger charge is 2.32. The fraction of sp³-hybridized carbons (Fsp3) is 0.375. The predicted molar refractivity (Wildman–Crippen MR) is 164 cm³/mol. The zero-order valence-electron chi connectivity index (χ0n) is 23.7. The Balaban J connectivity index is 1.59. The number of amides is 2. The molecule has 10 heteroatoms. The second kappa shape index (κ2) is 14.6. The van der Waals surface area contributed by atoms with Crippen molar-refractivity contribution >= 4 is 39.1 Å².